The van der Waals surface area contributed by atoms with Gasteiger partial charge in [0.15, 0.2) is 11.9 Å². The van der Waals surface area contributed by atoms with Crippen molar-refractivity contribution in [1.29, 1.82) is 0 Å². The fourth-order valence-electron chi connectivity index (χ4n) is 8.74. The highest BCUT2D eigenvalue weighted by Crippen LogP contribution is 2.16. The minimum atomic E-state index is -1.43. The highest BCUT2D eigenvalue weighted by atomic mass is 16.4. The zero-order chi connectivity index (χ0) is 65.3. The average Bonchev–Trinajstić information content (AvgIpc) is 3.59. The Morgan fingerprint density at radius 2 is 0.875 bits per heavy atom. The molecule has 0 radical (unpaired) electrons. The molecule has 30 nitrogen and oxygen atoms in total. The largest absolute Gasteiger partial charge is 0.508 e. The molecule has 0 fully saturated rings. The maximum Gasteiger partial charge on any atom is 0.326 e. The van der Waals surface area contributed by atoms with Crippen LogP contribution in [0.15, 0.2) is 88.8 Å². The van der Waals surface area contributed by atoms with Crippen molar-refractivity contribution in [3.63, 3.8) is 0 Å². The van der Waals surface area contributed by atoms with Gasteiger partial charge in [-0.3, -0.25) is 53.1 Å². The van der Waals surface area contributed by atoms with Gasteiger partial charge in [-0.05, 0) is 105 Å². The third-order valence-corrected chi connectivity index (χ3v) is 13.8. The standard InChI is InChI=1S/C58H87N17O13/c1-4-33(2)48(55(86)74-45(56(87)88)30-37-19-23-39(77)24-20-37)75-54(85)43(29-36-17-21-38(76)22-18-36)70-47(79)32-67-49(80)34(3)68-53(84)44(28-35-12-6-5-7-13-35)73-52(83)41(14-8-9-25-59)71-51(82)42(16-11-27-66-58(63)64)72-50(81)40(69-46(78)31-60)15-10-26-65-57(61)62/h5-7,12-13,17-24,33-34,40-45,48,76-77H,4,8-11,14-16,25-32,59-60H2,1-3H3,(H,67,80)(H,68,84)(H,69,78)(H,70,79)(H,71,82)(H,72,81)(H,73,83)(H,74,86)(H,75,85)(H,87,88)(H4,61,62,65)(H4,63,64,66)/t33-,34-,40-,41-,42-,43-,44-,45-,48-/m0/s1. The molecule has 3 rings (SSSR count). The number of aliphatic imine (C=N–C) groups is 2. The fraction of sp³-hybridized carbons (Fsp3) is 0.483. The van der Waals surface area contributed by atoms with Crippen LogP contribution in [-0.4, -0.2) is 167 Å². The maximum absolute atomic E-state index is 14.4. The van der Waals surface area contributed by atoms with Gasteiger partial charge in [-0.2, -0.15) is 0 Å². The first-order valence-corrected chi connectivity index (χ1v) is 28.9. The number of carbonyl (C=O) groups is 10. The molecule has 88 heavy (non-hydrogen) atoms. The molecule has 9 atom stereocenters. The summed E-state index contributed by atoms with van der Waals surface area (Å²) in [5.41, 5.74) is 34.8. The first-order chi connectivity index (χ1) is 41.8. The van der Waals surface area contributed by atoms with Crippen LogP contribution in [0.1, 0.15) is 88.8 Å². The Kier molecular flexibility index (Phi) is 31.8. The average molecular weight is 1230 g/mol. The number of hydrogen-bond acceptors (Lipinski definition) is 16. The van der Waals surface area contributed by atoms with E-state index in [0.29, 0.717) is 36.0 Å². The number of phenolic OH excluding ortho intramolecular Hbond substituents is 2. The third-order valence-electron chi connectivity index (χ3n) is 13.8. The first-order valence-electron chi connectivity index (χ1n) is 28.9. The Hall–Kier alpha value is -9.58. The van der Waals surface area contributed by atoms with E-state index in [1.54, 1.807) is 44.2 Å². The smallest absolute Gasteiger partial charge is 0.326 e. The number of carbonyl (C=O) groups excluding carboxylic acids is 9. The predicted octanol–water partition coefficient (Wildman–Crippen LogP) is -3.53. The molecule has 0 heterocycles. The number of carboxylic acids is 1. The lowest BCUT2D eigenvalue weighted by atomic mass is 9.96. The van der Waals surface area contributed by atoms with Crippen LogP contribution in [0.2, 0.25) is 0 Å². The van der Waals surface area contributed by atoms with Gasteiger partial charge in [-0.25, -0.2) is 4.79 Å². The first kappa shape index (κ1) is 72.7. The molecule has 0 saturated heterocycles. The van der Waals surface area contributed by atoms with Crippen LogP contribution < -0.4 is 82.3 Å². The van der Waals surface area contributed by atoms with Crippen molar-refractivity contribution in [3.8, 4) is 11.5 Å². The molecule has 24 N–H and O–H groups in total. The molecule has 0 aliphatic heterocycles. The van der Waals surface area contributed by atoms with Crippen molar-refractivity contribution < 1.29 is 63.3 Å². The van der Waals surface area contributed by atoms with E-state index >= 15 is 0 Å². The van der Waals surface area contributed by atoms with Gasteiger partial charge in [-0.1, -0.05) is 74.9 Å². The monoisotopic (exact) mass is 1230 g/mol. The van der Waals surface area contributed by atoms with Crippen LogP contribution >= 0.6 is 0 Å². The fourth-order valence-corrected chi connectivity index (χ4v) is 8.74. The second-order valence-corrected chi connectivity index (χ2v) is 21.0. The molecular weight excluding hydrogens is 1140 g/mol. The van der Waals surface area contributed by atoms with Crippen LogP contribution in [0.4, 0.5) is 0 Å². The number of carboxylic acid groups (broad SMARTS) is 1. The maximum atomic E-state index is 14.4. The van der Waals surface area contributed by atoms with E-state index in [2.05, 4.69) is 57.8 Å². The number of phenols is 2. The Labute approximate surface area is 510 Å². The number of aromatic hydroxyl groups is 2. The Bertz CT molecular complexity index is 2840. The number of rotatable bonds is 39. The van der Waals surface area contributed by atoms with Gasteiger partial charge in [0.05, 0.1) is 13.1 Å². The van der Waals surface area contributed by atoms with E-state index in [9.17, 15) is 63.3 Å². The summed E-state index contributed by atoms with van der Waals surface area (Å²) in [5, 5.41) is 52.9. The minimum absolute atomic E-state index is 0.0193. The van der Waals surface area contributed by atoms with E-state index in [4.69, 9.17) is 34.4 Å². The molecule has 0 aliphatic carbocycles. The molecule has 0 aliphatic rings. The van der Waals surface area contributed by atoms with E-state index in [-0.39, 0.29) is 94.4 Å². The van der Waals surface area contributed by atoms with Gasteiger partial charge in [0.25, 0.3) is 0 Å². The SMILES string of the molecule is CC[C@H](C)[C@H](NC(=O)[C@H](Cc1ccc(O)cc1)NC(=O)CNC(=O)[C@H](C)NC(=O)[C@H](Cc1ccccc1)NC(=O)[C@H](CCCCN)NC(=O)[C@H](CCCN=C(N)N)NC(=O)[C@H](CCCN=C(N)N)NC(=O)CN)C(=O)N[C@@H](Cc1ccc(O)cc1)C(=O)O. The van der Waals surface area contributed by atoms with Crippen LogP contribution in [-0.2, 0) is 67.2 Å². The Morgan fingerprint density at radius 3 is 1.34 bits per heavy atom. The summed E-state index contributed by atoms with van der Waals surface area (Å²) < 4.78 is 0. The number of benzene rings is 3. The number of nitrogens with two attached hydrogens (primary N) is 6. The second kappa shape index (κ2) is 38.5. The number of amides is 9. The quantitative estimate of drug-likeness (QED) is 0.0149. The molecular formula is C58H87N17O13. The summed E-state index contributed by atoms with van der Waals surface area (Å²) >= 11 is 0. The number of aliphatic carboxylic acids is 1. The molecule has 0 saturated carbocycles. The highest BCUT2D eigenvalue weighted by molar-refractivity contribution is 5.98. The normalized spacial score (nSPS) is 13.9. The van der Waals surface area contributed by atoms with Gasteiger partial charge in [0, 0.05) is 32.4 Å². The number of guanidine groups is 2. The molecule has 0 unspecified atom stereocenters. The van der Waals surface area contributed by atoms with Gasteiger partial charge in [-0.15, -0.1) is 0 Å². The van der Waals surface area contributed by atoms with E-state index in [1.165, 1.54) is 55.5 Å². The minimum Gasteiger partial charge on any atom is -0.508 e. The van der Waals surface area contributed by atoms with E-state index in [0.717, 1.165) is 0 Å². The lowest BCUT2D eigenvalue weighted by Gasteiger charge is -2.28. The molecule has 3 aromatic rings. The lowest BCUT2D eigenvalue weighted by molar-refractivity contribution is -0.142. The molecule has 0 bridgehead atoms. The topological polar surface area (TPSA) is 520 Å². The summed E-state index contributed by atoms with van der Waals surface area (Å²) in [6.07, 6.45) is 1.13. The summed E-state index contributed by atoms with van der Waals surface area (Å²) in [6.45, 7) is 3.99. The van der Waals surface area contributed by atoms with Crippen molar-refractivity contribution >= 4 is 71.1 Å². The molecule has 0 spiro atoms. The predicted molar refractivity (Wildman–Crippen MR) is 327 cm³/mol. The number of nitrogens with zero attached hydrogens (tertiary/aromatic N) is 2. The van der Waals surface area contributed by atoms with Gasteiger partial charge < -0.3 is 97.6 Å². The number of hydrogen-bond donors (Lipinski definition) is 18. The molecule has 482 valence electrons. The third kappa shape index (κ3) is 27.2. The molecule has 30 heteroatoms. The van der Waals surface area contributed by atoms with Crippen LogP contribution in [0.3, 0.4) is 0 Å². The van der Waals surface area contributed by atoms with Gasteiger partial charge in [0.2, 0.25) is 53.2 Å². The van der Waals surface area contributed by atoms with Crippen molar-refractivity contribution in [3.05, 3.63) is 95.6 Å². The van der Waals surface area contributed by atoms with Crippen LogP contribution in [0.25, 0.3) is 0 Å². The van der Waals surface area contributed by atoms with Crippen molar-refractivity contribution in [2.75, 3.05) is 32.7 Å². The summed E-state index contributed by atoms with van der Waals surface area (Å²) in [7, 11) is 0. The molecule has 0 aromatic heterocycles. The Balaban J connectivity index is 1.83. The number of nitrogens with one attached hydrogen (secondary N) is 9. The van der Waals surface area contributed by atoms with Gasteiger partial charge >= 0.3 is 5.97 Å². The number of unbranched alkanes of at least 4 members (excludes halogenated alkanes) is 1. The van der Waals surface area contributed by atoms with Crippen LogP contribution in [0, 0.1) is 5.92 Å². The summed E-state index contributed by atoms with van der Waals surface area (Å²) in [4.78, 5) is 144. The van der Waals surface area contributed by atoms with E-state index in [1.807, 2.05) is 0 Å². The zero-order valence-electron chi connectivity index (χ0n) is 49.8. The molecule has 3 aromatic carbocycles. The van der Waals surface area contributed by atoms with Crippen molar-refractivity contribution in [1.82, 2.24) is 47.9 Å². The zero-order valence-corrected chi connectivity index (χ0v) is 49.8. The van der Waals surface area contributed by atoms with Crippen molar-refractivity contribution in [2.24, 2.45) is 50.3 Å². The molecule has 9 amide bonds. The summed E-state index contributed by atoms with van der Waals surface area (Å²) in [6, 6.07) is 9.38. The van der Waals surface area contributed by atoms with Crippen molar-refractivity contribution in [2.45, 2.75) is 140 Å². The highest BCUT2D eigenvalue weighted by Gasteiger charge is 2.35. The van der Waals surface area contributed by atoms with Gasteiger partial charge in [0.1, 0.15) is 59.8 Å². The second-order valence-electron chi connectivity index (χ2n) is 21.0. The lowest BCUT2D eigenvalue weighted by Crippen LogP contribution is -2.59. The van der Waals surface area contributed by atoms with E-state index < -0.39 is 126 Å². The van der Waals surface area contributed by atoms with Crippen LogP contribution in [0.5, 0.6) is 11.5 Å². The Morgan fingerprint density at radius 1 is 0.466 bits per heavy atom. The summed E-state index contributed by atoms with van der Waals surface area (Å²) in [5.74, 6) is -9.69.